The van der Waals surface area contributed by atoms with Crippen LogP contribution in [0.5, 0.6) is 0 Å². The standard InChI is InChI=1S/C59H86FN5O9/c1-4-6-8-10-12-14-16-18-20-22-24-26-28-38-51(66)70-41-45-34-30-32-36-47(45)56(68)72-43-59(3)49(40-50(74-59)65-44-62-53-54(61)63-58(60)64-55(53)65)73-57(69)48-37-33-31-35-46(48)42-71-52(67)39-29-27-25-23-21-19-17-15-13-11-9-7-5-2/h30-37,44,49-50H,4-29,38-43H2,1-3H3,(H2,61,63,64)/t49-,50+,59+/m0/s1. The Balaban J connectivity index is 1.12. The molecule has 3 heterocycles. The van der Waals surface area contributed by atoms with E-state index in [4.69, 9.17) is 29.4 Å². The monoisotopic (exact) mass is 1030 g/mol. The van der Waals surface area contributed by atoms with E-state index >= 15 is 0 Å². The second-order valence-electron chi connectivity index (χ2n) is 20.4. The molecule has 74 heavy (non-hydrogen) atoms. The van der Waals surface area contributed by atoms with Crippen molar-refractivity contribution in [2.45, 2.75) is 238 Å². The second kappa shape index (κ2) is 33.5. The Morgan fingerprint density at radius 3 is 1.53 bits per heavy atom. The highest BCUT2D eigenvalue weighted by Crippen LogP contribution is 2.41. The average Bonchev–Trinajstić information content (AvgIpc) is 3.97. The van der Waals surface area contributed by atoms with Crippen molar-refractivity contribution < 1.29 is 47.3 Å². The molecular weight excluding hydrogens is 942 g/mol. The normalized spacial score (nSPS) is 16.4. The van der Waals surface area contributed by atoms with Crippen LogP contribution in [0.25, 0.3) is 11.2 Å². The minimum absolute atomic E-state index is 0.0266. The van der Waals surface area contributed by atoms with Crippen molar-refractivity contribution in [2.24, 2.45) is 0 Å². The molecule has 0 amide bonds. The van der Waals surface area contributed by atoms with E-state index in [0.717, 1.165) is 38.5 Å². The lowest BCUT2D eigenvalue weighted by molar-refractivity contribution is -0.146. The molecule has 3 atom stereocenters. The predicted octanol–water partition coefficient (Wildman–Crippen LogP) is 14.4. The van der Waals surface area contributed by atoms with Crippen molar-refractivity contribution in [1.82, 2.24) is 19.5 Å². The third-order valence-corrected chi connectivity index (χ3v) is 14.2. The molecule has 2 aromatic carbocycles. The van der Waals surface area contributed by atoms with Gasteiger partial charge in [-0.05, 0) is 31.9 Å². The van der Waals surface area contributed by atoms with Crippen LogP contribution in [0.15, 0.2) is 54.9 Å². The molecule has 2 N–H and O–H groups in total. The molecule has 0 aliphatic carbocycles. The number of imidazole rings is 1. The van der Waals surface area contributed by atoms with Gasteiger partial charge in [-0.2, -0.15) is 14.4 Å². The van der Waals surface area contributed by atoms with E-state index in [-0.39, 0.29) is 66.3 Å². The summed E-state index contributed by atoms with van der Waals surface area (Å²) in [6.45, 7) is 5.53. The Bertz CT molecular complexity index is 2310. The van der Waals surface area contributed by atoms with Crippen LogP contribution in [0.4, 0.5) is 10.2 Å². The minimum Gasteiger partial charge on any atom is -0.461 e. The van der Waals surface area contributed by atoms with Gasteiger partial charge in [0.15, 0.2) is 17.0 Å². The maximum atomic E-state index is 14.5. The number of nitrogen functional groups attached to an aromatic ring is 1. The lowest BCUT2D eigenvalue weighted by atomic mass is 9.99. The largest absolute Gasteiger partial charge is 0.461 e. The lowest BCUT2D eigenvalue weighted by Crippen LogP contribution is -2.44. The highest BCUT2D eigenvalue weighted by Gasteiger charge is 2.50. The van der Waals surface area contributed by atoms with Gasteiger partial charge in [0.2, 0.25) is 0 Å². The van der Waals surface area contributed by atoms with Crippen LogP contribution in [-0.2, 0) is 46.5 Å². The summed E-state index contributed by atoms with van der Waals surface area (Å²) in [7, 11) is 0. The molecule has 1 fully saturated rings. The van der Waals surface area contributed by atoms with Crippen LogP contribution >= 0.6 is 0 Å². The number of halogens is 1. The number of carbonyl (C=O) groups excluding carboxylic acids is 4. The molecule has 0 unspecified atom stereocenters. The van der Waals surface area contributed by atoms with E-state index in [2.05, 4.69) is 28.8 Å². The first-order chi connectivity index (χ1) is 36.0. The number of nitrogens with two attached hydrogens (primary N) is 1. The quantitative estimate of drug-likeness (QED) is 0.0194. The van der Waals surface area contributed by atoms with Crippen molar-refractivity contribution >= 4 is 40.9 Å². The molecule has 0 radical (unpaired) electrons. The smallest absolute Gasteiger partial charge is 0.338 e. The first-order valence-electron chi connectivity index (χ1n) is 28.2. The fourth-order valence-electron chi connectivity index (χ4n) is 9.66. The molecule has 1 aliphatic heterocycles. The van der Waals surface area contributed by atoms with Gasteiger partial charge in [0.05, 0.1) is 17.5 Å². The molecule has 2 aromatic heterocycles. The van der Waals surface area contributed by atoms with Gasteiger partial charge < -0.3 is 29.4 Å². The maximum absolute atomic E-state index is 14.5. The Morgan fingerprint density at radius 2 is 1.05 bits per heavy atom. The first kappa shape index (κ1) is 59.4. The molecule has 408 valence electrons. The van der Waals surface area contributed by atoms with Gasteiger partial charge >= 0.3 is 30.0 Å². The minimum atomic E-state index is -1.45. The lowest BCUT2D eigenvalue weighted by Gasteiger charge is -2.30. The summed E-state index contributed by atoms with van der Waals surface area (Å²) in [6.07, 6.45) is 30.4. The first-order valence-corrected chi connectivity index (χ1v) is 28.2. The van der Waals surface area contributed by atoms with Gasteiger partial charge in [-0.1, -0.05) is 204 Å². The van der Waals surface area contributed by atoms with Crippen LogP contribution in [0.3, 0.4) is 0 Å². The SMILES string of the molecule is CCCCCCCCCCCCCCCC(=O)OCc1ccccc1C(=O)OC[C@@]1(C)O[C@@H](n2cnc3c(N)nc(F)nc32)C[C@@H]1OC(=O)c1ccccc1COC(=O)CCCCCCCCCCCCCCC. The number of rotatable bonds is 38. The number of anilines is 1. The molecule has 4 aromatic rings. The van der Waals surface area contributed by atoms with E-state index in [9.17, 15) is 23.6 Å². The number of hydrogen-bond acceptors (Lipinski definition) is 13. The number of fused-ring (bicyclic) bond motifs is 1. The maximum Gasteiger partial charge on any atom is 0.338 e. The summed E-state index contributed by atoms with van der Waals surface area (Å²) < 4.78 is 45.8. The van der Waals surface area contributed by atoms with E-state index < -0.39 is 35.9 Å². The zero-order chi connectivity index (χ0) is 52.8. The Hall–Kier alpha value is -5.44. The Morgan fingerprint density at radius 1 is 0.622 bits per heavy atom. The van der Waals surface area contributed by atoms with Crippen LogP contribution in [0, 0.1) is 6.08 Å². The number of benzene rings is 2. The second-order valence-corrected chi connectivity index (χ2v) is 20.4. The van der Waals surface area contributed by atoms with Gasteiger partial charge in [0.25, 0.3) is 0 Å². The summed E-state index contributed by atoms with van der Waals surface area (Å²) in [5.41, 5.74) is 6.07. The number of ether oxygens (including phenoxy) is 5. The number of aromatic nitrogens is 4. The van der Waals surface area contributed by atoms with Gasteiger partial charge in [0, 0.05) is 30.4 Å². The highest BCUT2D eigenvalue weighted by molar-refractivity contribution is 5.92. The molecule has 0 bridgehead atoms. The average molecular weight is 1030 g/mol. The van der Waals surface area contributed by atoms with Gasteiger partial charge in [0.1, 0.15) is 37.8 Å². The molecule has 0 spiro atoms. The highest BCUT2D eigenvalue weighted by atomic mass is 19.1. The molecular formula is C59H86FN5O9. The molecule has 15 heteroatoms. The Labute approximate surface area is 439 Å². The summed E-state index contributed by atoms with van der Waals surface area (Å²) in [5.74, 6) is -2.24. The van der Waals surface area contributed by atoms with Crippen molar-refractivity contribution in [3.05, 3.63) is 83.2 Å². The molecule has 5 rings (SSSR count). The topological polar surface area (TPSA) is 184 Å². The van der Waals surface area contributed by atoms with E-state index in [1.54, 1.807) is 55.5 Å². The summed E-state index contributed by atoms with van der Waals surface area (Å²) >= 11 is 0. The molecule has 1 saturated heterocycles. The number of carbonyl (C=O) groups is 4. The van der Waals surface area contributed by atoms with Crippen LogP contribution in [-0.4, -0.2) is 61.7 Å². The summed E-state index contributed by atoms with van der Waals surface area (Å²) in [4.78, 5) is 65.3. The number of esters is 4. The van der Waals surface area contributed by atoms with Crippen LogP contribution in [0.1, 0.15) is 245 Å². The summed E-state index contributed by atoms with van der Waals surface area (Å²) in [6, 6.07) is 13.5. The number of hydrogen-bond donors (Lipinski definition) is 1. The van der Waals surface area contributed by atoms with Gasteiger partial charge in [-0.25, -0.2) is 14.6 Å². The van der Waals surface area contributed by atoms with Crippen molar-refractivity contribution in [3.63, 3.8) is 0 Å². The third kappa shape index (κ3) is 20.4. The van der Waals surface area contributed by atoms with Crippen molar-refractivity contribution in [1.29, 1.82) is 0 Å². The van der Waals surface area contributed by atoms with Crippen LogP contribution < -0.4 is 5.73 Å². The fourth-order valence-corrected chi connectivity index (χ4v) is 9.66. The van der Waals surface area contributed by atoms with E-state index in [1.807, 2.05) is 0 Å². The van der Waals surface area contributed by atoms with Gasteiger partial charge in [-0.15, -0.1) is 0 Å². The van der Waals surface area contributed by atoms with Crippen molar-refractivity contribution in [2.75, 3.05) is 12.3 Å². The fraction of sp³-hybridized carbons (Fsp3) is 0.644. The third-order valence-electron chi connectivity index (χ3n) is 14.2. The predicted molar refractivity (Wildman–Crippen MR) is 285 cm³/mol. The number of unbranched alkanes of at least 4 members (excludes halogenated alkanes) is 24. The zero-order valence-corrected chi connectivity index (χ0v) is 44.9. The zero-order valence-electron chi connectivity index (χ0n) is 44.9. The molecule has 0 saturated carbocycles. The van der Waals surface area contributed by atoms with Gasteiger partial charge in [-0.3, -0.25) is 14.2 Å². The van der Waals surface area contributed by atoms with Crippen LogP contribution in [0.2, 0.25) is 0 Å². The summed E-state index contributed by atoms with van der Waals surface area (Å²) in [5, 5.41) is 0. The Kier molecular flexibility index (Phi) is 26.9. The van der Waals surface area contributed by atoms with Crippen molar-refractivity contribution in [3.8, 4) is 0 Å². The van der Waals surface area contributed by atoms with E-state index in [1.165, 1.54) is 139 Å². The van der Waals surface area contributed by atoms with E-state index in [0.29, 0.717) is 24.0 Å². The molecule has 14 nitrogen and oxygen atoms in total. The molecule has 1 aliphatic rings. The number of nitrogens with zero attached hydrogens (tertiary/aromatic N) is 4.